The number of benzene rings is 2. The first kappa shape index (κ1) is 20.3. The number of carbonyl (C=O) groups is 2. The lowest BCUT2D eigenvalue weighted by Crippen LogP contribution is -2.38. The molecule has 0 spiro atoms. The van der Waals surface area contributed by atoms with Crippen molar-refractivity contribution in [3.05, 3.63) is 60.2 Å². The number of rotatable bonds is 10. The molecule has 2 aromatic rings. The highest BCUT2D eigenvalue weighted by Crippen LogP contribution is 2.18. The van der Waals surface area contributed by atoms with Gasteiger partial charge in [-0.2, -0.15) is 0 Å². The van der Waals surface area contributed by atoms with Crippen LogP contribution in [0.2, 0.25) is 0 Å². The first-order chi connectivity index (χ1) is 13.1. The van der Waals surface area contributed by atoms with E-state index >= 15 is 0 Å². The zero-order chi connectivity index (χ0) is 19.5. The third-order valence-electron chi connectivity index (χ3n) is 4.08. The fourth-order valence-corrected chi connectivity index (χ4v) is 2.53. The Bertz CT molecular complexity index is 732. The van der Waals surface area contributed by atoms with Gasteiger partial charge < -0.3 is 19.1 Å². The summed E-state index contributed by atoms with van der Waals surface area (Å²) in [5.41, 5.74) is 1.13. The maximum Gasteiger partial charge on any atom is 0.307 e. The summed E-state index contributed by atoms with van der Waals surface area (Å²) in [6.07, 6.45) is 0.850. The second-order valence-corrected chi connectivity index (χ2v) is 5.91. The predicted octanol–water partition coefficient (Wildman–Crippen LogP) is 2.71. The molecule has 1 amide bonds. The first-order valence-electron chi connectivity index (χ1n) is 8.77. The van der Waals surface area contributed by atoms with Crippen molar-refractivity contribution in [3.63, 3.8) is 0 Å². The third kappa shape index (κ3) is 7.01. The molecule has 0 unspecified atom stereocenters. The lowest BCUT2D eigenvalue weighted by Gasteiger charge is -2.22. The molecule has 6 nitrogen and oxygen atoms in total. The molecule has 0 aliphatic heterocycles. The van der Waals surface area contributed by atoms with Crippen molar-refractivity contribution in [1.82, 2.24) is 4.90 Å². The molecule has 0 atom stereocenters. The van der Waals surface area contributed by atoms with Gasteiger partial charge in [0.15, 0.2) is 6.61 Å². The summed E-state index contributed by atoms with van der Waals surface area (Å²) in [6, 6.07) is 17.0. The third-order valence-corrected chi connectivity index (χ3v) is 4.08. The van der Waals surface area contributed by atoms with Gasteiger partial charge >= 0.3 is 5.97 Å². The highest BCUT2D eigenvalue weighted by Gasteiger charge is 2.16. The monoisotopic (exact) mass is 371 g/mol. The Hall–Kier alpha value is -3.02. The van der Waals surface area contributed by atoms with Crippen LogP contribution in [-0.2, 0) is 20.7 Å². The molecular weight excluding hydrogens is 346 g/mol. The average molecular weight is 371 g/mol. The van der Waals surface area contributed by atoms with Crippen LogP contribution in [0.1, 0.15) is 12.0 Å². The van der Waals surface area contributed by atoms with E-state index < -0.39 is 0 Å². The fourth-order valence-electron chi connectivity index (χ4n) is 2.53. The summed E-state index contributed by atoms with van der Waals surface area (Å²) in [4.78, 5) is 25.7. The summed E-state index contributed by atoms with van der Waals surface area (Å²) < 4.78 is 15.4. The number of ether oxygens (including phenoxy) is 3. The maximum atomic E-state index is 12.6. The van der Waals surface area contributed by atoms with E-state index in [0.717, 1.165) is 5.56 Å². The van der Waals surface area contributed by atoms with Gasteiger partial charge in [0.1, 0.15) is 11.5 Å². The minimum Gasteiger partial charge on any atom is -0.497 e. The summed E-state index contributed by atoms with van der Waals surface area (Å²) in [7, 11) is 2.91. The zero-order valence-electron chi connectivity index (χ0n) is 15.7. The SMILES string of the molecule is COC(=O)CCN(CCc1ccccc1)C(=O)COc1cccc(OC)c1. The molecule has 27 heavy (non-hydrogen) atoms. The van der Waals surface area contributed by atoms with Crippen LogP contribution in [0.25, 0.3) is 0 Å². The molecule has 0 fully saturated rings. The quantitative estimate of drug-likeness (QED) is 0.601. The van der Waals surface area contributed by atoms with Crippen molar-refractivity contribution in [2.75, 3.05) is 33.9 Å². The van der Waals surface area contributed by atoms with Crippen molar-refractivity contribution in [1.29, 1.82) is 0 Å². The minimum absolute atomic E-state index is 0.108. The highest BCUT2D eigenvalue weighted by molar-refractivity contribution is 5.78. The second kappa shape index (κ2) is 10.9. The van der Waals surface area contributed by atoms with Crippen molar-refractivity contribution in [3.8, 4) is 11.5 Å². The first-order valence-corrected chi connectivity index (χ1v) is 8.77. The molecule has 0 saturated carbocycles. The number of hydrogen-bond donors (Lipinski definition) is 0. The summed E-state index contributed by atoms with van der Waals surface area (Å²) in [6.45, 7) is 0.685. The van der Waals surface area contributed by atoms with E-state index in [1.165, 1.54) is 7.11 Å². The van der Waals surface area contributed by atoms with Crippen LogP contribution in [0.5, 0.6) is 11.5 Å². The topological polar surface area (TPSA) is 65.1 Å². The zero-order valence-corrected chi connectivity index (χ0v) is 15.7. The van der Waals surface area contributed by atoms with Gasteiger partial charge in [-0.3, -0.25) is 9.59 Å². The van der Waals surface area contributed by atoms with Gasteiger partial charge in [0.05, 0.1) is 20.6 Å². The van der Waals surface area contributed by atoms with Crippen molar-refractivity contribution < 1.29 is 23.8 Å². The molecule has 0 aliphatic carbocycles. The molecule has 0 radical (unpaired) electrons. The second-order valence-electron chi connectivity index (χ2n) is 5.91. The number of amides is 1. The van der Waals surface area contributed by atoms with Gasteiger partial charge in [0.25, 0.3) is 5.91 Å². The molecule has 0 aromatic heterocycles. The van der Waals surface area contributed by atoms with Crippen molar-refractivity contribution >= 4 is 11.9 Å². The highest BCUT2D eigenvalue weighted by atomic mass is 16.5. The summed E-state index contributed by atoms with van der Waals surface area (Å²) in [5.74, 6) is 0.684. The smallest absolute Gasteiger partial charge is 0.307 e. The van der Waals surface area contributed by atoms with E-state index in [1.807, 2.05) is 30.3 Å². The van der Waals surface area contributed by atoms with Crippen LogP contribution in [-0.4, -0.2) is 50.7 Å². The standard InChI is InChI=1S/C21H25NO5/c1-25-18-9-6-10-19(15-18)27-16-20(23)22(14-12-21(24)26-2)13-11-17-7-4-3-5-8-17/h3-10,15H,11-14,16H2,1-2H3. The predicted molar refractivity (Wildman–Crippen MR) is 102 cm³/mol. The number of hydrogen-bond acceptors (Lipinski definition) is 5. The van der Waals surface area contributed by atoms with E-state index in [0.29, 0.717) is 31.0 Å². The molecule has 0 bridgehead atoms. The maximum absolute atomic E-state index is 12.6. The molecule has 0 saturated heterocycles. The molecule has 2 rings (SSSR count). The Morgan fingerprint density at radius 1 is 0.926 bits per heavy atom. The lowest BCUT2D eigenvalue weighted by atomic mass is 10.1. The van der Waals surface area contributed by atoms with Gasteiger partial charge in [0, 0.05) is 19.2 Å². The van der Waals surface area contributed by atoms with Crippen molar-refractivity contribution in [2.45, 2.75) is 12.8 Å². The Balaban J connectivity index is 1.94. The molecule has 0 aliphatic rings. The Kier molecular flexibility index (Phi) is 8.16. The van der Waals surface area contributed by atoms with Crippen LogP contribution >= 0.6 is 0 Å². The number of methoxy groups -OCH3 is 2. The van der Waals surface area contributed by atoms with E-state index in [2.05, 4.69) is 4.74 Å². The van der Waals surface area contributed by atoms with Gasteiger partial charge in [-0.15, -0.1) is 0 Å². The largest absolute Gasteiger partial charge is 0.497 e. The molecular formula is C21H25NO5. The Morgan fingerprint density at radius 2 is 1.67 bits per heavy atom. The van der Waals surface area contributed by atoms with Crippen LogP contribution < -0.4 is 9.47 Å². The van der Waals surface area contributed by atoms with Crippen LogP contribution in [0.3, 0.4) is 0 Å². The average Bonchev–Trinajstić information content (AvgIpc) is 2.72. The van der Waals surface area contributed by atoms with Crippen molar-refractivity contribution in [2.24, 2.45) is 0 Å². The molecule has 2 aromatic carbocycles. The van der Waals surface area contributed by atoms with Crippen LogP contribution in [0.15, 0.2) is 54.6 Å². The van der Waals surface area contributed by atoms with Gasteiger partial charge in [-0.05, 0) is 24.1 Å². The Morgan fingerprint density at radius 3 is 2.37 bits per heavy atom. The molecule has 0 N–H and O–H groups in total. The van der Waals surface area contributed by atoms with Gasteiger partial charge in [-0.25, -0.2) is 0 Å². The lowest BCUT2D eigenvalue weighted by molar-refractivity contribution is -0.142. The number of carbonyl (C=O) groups excluding carboxylic acids is 2. The van der Waals surface area contributed by atoms with Crippen LogP contribution in [0.4, 0.5) is 0 Å². The van der Waals surface area contributed by atoms with E-state index in [4.69, 9.17) is 9.47 Å². The summed E-state index contributed by atoms with van der Waals surface area (Å²) in [5, 5.41) is 0. The number of nitrogens with zero attached hydrogens (tertiary/aromatic N) is 1. The summed E-state index contributed by atoms with van der Waals surface area (Å²) >= 11 is 0. The van der Waals surface area contributed by atoms with E-state index in [-0.39, 0.29) is 24.9 Å². The van der Waals surface area contributed by atoms with Crippen LogP contribution in [0, 0.1) is 0 Å². The molecule has 0 heterocycles. The Labute approximate surface area is 159 Å². The van der Waals surface area contributed by atoms with E-state index in [9.17, 15) is 9.59 Å². The van der Waals surface area contributed by atoms with E-state index in [1.54, 1.807) is 36.3 Å². The number of esters is 1. The minimum atomic E-state index is -0.346. The molecule has 6 heteroatoms. The van der Waals surface area contributed by atoms with Gasteiger partial charge in [-0.1, -0.05) is 36.4 Å². The fraction of sp³-hybridized carbons (Fsp3) is 0.333. The van der Waals surface area contributed by atoms with Gasteiger partial charge in [0.2, 0.25) is 0 Å². The molecule has 144 valence electrons. The normalized spacial score (nSPS) is 10.1.